The lowest BCUT2D eigenvalue weighted by Crippen LogP contribution is -2.28. The third kappa shape index (κ3) is 2.96. The molecule has 0 aromatic carbocycles. The summed E-state index contributed by atoms with van der Waals surface area (Å²) in [7, 11) is 0. The van der Waals surface area contributed by atoms with Crippen LogP contribution < -0.4 is 5.56 Å². The van der Waals surface area contributed by atoms with Crippen LogP contribution in [-0.2, 0) is 6.54 Å². The Hall–Kier alpha value is -1.16. The van der Waals surface area contributed by atoms with Crippen LogP contribution in [0.25, 0.3) is 0 Å². The van der Waals surface area contributed by atoms with Crippen LogP contribution in [0.4, 0.5) is 0 Å². The first-order valence-corrected chi connectivity index (χ1v) is 4.86. The molecule has 1 unspecified atom stereocenters. The first kappa shape index (κ1) is 10.9. The molecule has 0 radical (unpaired) electrons. The number of aryl methyl sites for hydroxylation is 1. The second kappa shape index (κ2) is 4.91. The number of aliphatic hydroxyl groups is 1. The van der Waals surface area contributed by atoms with Crippen molar-refractivity contribution in [2.24, 2.45) is 0 Å². The summed E-state index contributed by atoms with van der Waals surface area (Å²) in [6.07, 6.45) is 1.12. The molecule has 4 heteroatoms. The minimum Gasteiger partial charge on any atom is -0.391 e. The zero-order valence-electron chi connectivity index (χ0n) is 8.60. The lowest BCUT2D eigenvalue weighted by molar-refractivity contribution is 0.136. The van der Waals surface area contributed by atoms with Gasteiger partial charge in [0.25, 0.3) is 5.56 Å². The highest BCUT2D eigenvalue weighted by Crippen LogP contribution is 1.97. The van der Waals surface area contributed by atoms with E-state index in [4.69, 9.17) is 0 Å². The molecule has 0 aliphatic carbocycles. The van der Waals surface area contributed by atoms with Gasteiger partial charge in [-0.3, -0.25) is 4.79 Å². The van der Waals surface area contributed by atoms with Gasteiger partial charge in [0.1, 0.15) is 0 Å². The van der Waals surface area contributed by atoms with Crippen LogP contribution in [0.3, 0.4) is 0 Å². The fourth-order valence-electron chi connectivity index (χ4n) is 1.31. The third-order valence-electron chi connectivity index (χ3n) is 2.01. The first-order valence-electron chi connectivity index (χ1n) is 4.86. The largest absolute Gasteiger partial charge is 0.391 e. The molecule has 0 bridgehead atoms. The van der Waals surface area contributed by atoms with Gasteiger partial charge in [-0.25, -0.2) is 4.68 Å². The fraction of sp³-hybridized carbons (Fsp3) is 0.600. The van der Waals surface area contributed by atoms with E-state index in [0.717, 1.165) is 12.1 Å². The van der Waals surface area contributed by atoms with Crippen molar-refractivity contribution in [2.75, 3.05) is 0 Å². The Bertz CT molecular complexity index is 346. The topological polar surface area (TPSA) is 55.1 Å². The van der Waals surface area contributed by atoms with Gasteiger partial charge in [-0.2, -0.15) is 5.10 Å². The van der Waals surface area contributed by atoms with Crippen LogP contribution >= 0.6 is 0 Å². The molecule has 1 atom stereocenters. The minimum atomic E-state index is -0.480. The maximum atomic E-state index is 11.3. The number of rotatable bonds is 4. The molecule has 0 fully saturated rings. The van der Waals surface area contributed by atoms with E-state index in [1.54, 1.807) is 6.07 Å². The standard InChI is InChI=1S/C10H16N2O2/c1-3-4-9(13)7-12-10(14)6-5-8(2)11-12/h5-6,9,13H,3-4,7H2,1-2H3. The Kier molecular flexibility index (Phi) is 3.83. The molecule has 1 rings (SSSR count). The van der Waals surface area contributed by atoms with Gasteiger partial charge in [0.2, 0.25) is 0 Å². The molecule has 0 saturated carbocycles. The third-order valence-corrected chi connectivity index (χ3v) is 2.01. The van der Waals surface area contributed by atoms with Crippen LogP contribution in [0.15, 0.2) is 16.9 Å². The van der Waals surface area contributed by atoms with E-state index < -0.39 is 6.10 Å². The number of aliphatic hydroxyl groups excluding tert-OH is 1. The second-order valence-corrected chi connectivity index (χ2v) is 3.44. The number of hydrogen-bond acceptors (Lipinski definition) is 3. The highest BCUT2D eigenvalue weighted by molar-refractivity contribution is 4.97. The zero-order chi connectivity index (χ0) is 10.6. The fourth-order valence-corrected chi connectivity index (χ4v) is 1.31. The Morgan fingerprint density at radius 2 is 2.29 bits per heavy atom. The summed E-state index contributed by atoms with van der Waals surface area (Å²) in [6.45, 7) is 4.10. The van der Waals surface area contributed by atoms with Crippen molar-refractivity contribution >= 4 is 0 Å². The van der Waals surface area contributed by atoms with E-state index in [1.807, 2.05) is 13.8 Å². The molecule has 1 aromatic heterocycles. The number of nitrogens with zero attached hydrogens (tertiary/aromatic N) is 2. The Balaban J connectivity index is 2.75. The van der Waals surface area contributed by atoms with Crippen molar-refractivity contribution in [3.05, 3.63) is 28.2 Å². The Morgan fingerprint density at radius 1 is 1.57 bits per heavy atom. The quantitative estimate of drug-likeness (QED) is 0.771. The summed E-state index contributed by atoms with van der Waals surface area (Å²) in [6, 6.07) is 3.14. The summed E-state index contributed by atoms with van der Waals surface area (Å²) >= 11 is 0. The van der Waals surface area contributed by atoms with Crippen LogP contribution in [0, 0.1) is 6.92 Å². The van der Waals surface area contributed by atoms with Gasteiger partial charge in [-0.05, 0) is 19.4 Å². The molecule has 4 nitrogen and oxygen atoms in total. The first-order chi connectivity index (χ1) is 6.63. The lowest BCUT2D eigenvalue weighted by Gasteiger charge is -2.10. The van der Waals surface area contributed by atoms with Crippen molar-refractivity contribution in [3.63, 3.8) is 0 Å². The summed E-state index contributed by atoms with van der Waals surface area (Å²) in [5.41, 5.74) is 0.624. The molecule has 1 N–H and O–H groups in total. The van der Waals surface area contributed by atoms with Crippen LogP contribution in [-0.4, -0.2) is 21.0 Å². The summed E-state index contributed by atoms with van der Waals surface area (Å²) in [5.74, 6) is 0. The van der Waals surface area contributed by atoms with Gasteiger partial charge in [-0.15, -0.1) is 0 Å². The molecule has 1 heterocycles. The second-order valence-electron chi connectivity index (χ2n) is 3.44. The number of hydrogen-bond donors (Lipinski definition) is 1. The van der Waals surface area contributed by atoms with E-state index in [2.05, 4.69) is 5.10 Å². The highest BCUT2D eigenvalue weighted by Gasteiger charge is 2.05. The molecular weight excluding hydrogens is 180 g/mol. The maximum Gasteiger partial charge on any atom is 0.266 e. The van der Waals surface area contributed by atoms with E-state index in [9.17, 15) is 9.90 Å². The summed E-state index contributed by atoms with van der Waals surface area (Å²) in [5, 5.41) is 13.6. The average Bonchev–Trinajstić information content (AvgIpc) is 2.12. The zero-order valence-corrected chi connectivity index (χ0v) is 8.60. The Morgan fingerprint density at radius 3 is 2.93 bits per heavy atom. The van der Waals surface area contributed by atoms with Crippen LogP contribution in [0.2, 0.25) is 0 Å². The highest BCUT2D eigenvalue weighted by atomic mass is 16.3. The lowest BCUT2D eigenvalue weighted by atomic mass is 10.2. The smallest absolute Gasteiger partial charge is 0.266 e. The molecule has 0 aliphatic heterocycles. The van der Waals surface area contributed by atoms with Gasteiger partial charge in [0.05, 0.1) is 18.3 Å². The van der Waals surface area contributed by atoms with E-state index in [-0.39, 0.29) is 12.1 Å². The van der Waals surface area contributed by atoms with Gasteiger partial charge in [-0.1, -0.05) is 13.3 Å². The predicted molar refractivity (Wildman–Crippen MR) is 54.1 cm³/mol. The molecule has 0 amide bonds. The normalized spacial score (nSPS) is 12.8. The van der Waals surface area contributed by atoms with Gasteiger partial charge in [0.15, 0.2) is 0 Å². The minimum absolute atomic E-state index is 0.161. The SMILES string of the molecule is CCCC(O)Cn1nc(C)ccc1=O. The Labute approximate surface area is 83.2 Å². The van der Waals surface area contributed by atoms with Crippen molar-refractivity contribution in [1.82, 2.24) is 9.78 Å². The van der Waals surface area contributed by atoms with Crippen molar-refractivity contribution in [2.45, 2.75) is 39.3 Å². The molecule has 1 aromatic rings. The van der Waals surface area contributed by atoms with Gasteiger partial charge in [0, 0.05) is 6.07 Å². The van der Waals surface area contributed by atoms with Gasteiger partial charge < -0.3 is 5.11 Å². The predicted octanol–water partition coefficient (Wildman–Crippen LogP) is 0.713. The maximum absolute atomic E-state index is 11.3. The molecule has 14 heavy (non-hydrogen) atoms. The summed E-state index contributed by atoms with van der Waals surface area (Å²) in [4.78, 5) is 11.3. The molecular formula is C10H16N2O2. The molecule has 0 saturated heterocycles. The monoisotopic (exact) mass is 196 g/mol. The summed E-state index contributed by atoms with van der Waals surface area (Å²) < 4.78 is 1.32. The average molecular weight is 196 g/mol. The molecule has 78 valence electrons. The van der Waals surface area contributed by atoms with E-state index >= 15 is 0 Å². The van der Waals surface area contributed by atoms with Crippen molar-refractivity contribution in [1.29, 1.82) is 0 Å². The van der Waals surface area contributed by atoms with E-state index in [0.29, 0.717) is 6.42 Å². The molecule has 0 spiro atoms. The van der Waals surface area contributed by atoms with Crippen LogP contribution in [0.1, 0.15) is 25.5 Å². The van der Waals surface area contributed by atoms with Gasteiger partial charge >= 0.3 is 0 Å². The molecule has 0 aliphatic rings. The van der Waals surface area contributed by atoms with Crippen molar-refractivity contribution in [3.8, 4) is 0 Å². The van der Waals surface area contributed by atoms with Crippen molar-refractivity contribution < 1.29 is 5.11 Å². The van der Waals surface area contributed by atoms with Crippen LogP contribution in [0.5, 0.6) is 0 Å². The van der Waals surface area contributed by atoms with E-state index in [1.165, 1.54) is 10.7 Å². The number of aromatic nitrogens is 2.